The number of primary amides is 1. The van der Waals surface area contributed by atoms with E-state index < -0.39 is 31.9 Å². The molecule has 4 rings (SSSR count). The van der Waals surface area contributed by atoms with E-state index in [0.717, 1.165) is 18.5 Å². The van der Waals surface area contributed by atoms with Gasteiger partial charge < -0.3 is 20.7 Å². The lowest BCUT2D eigenvalue weighted by Gasteiger charge is -2.27. The molecule has 0 radical (unpaired) electrons. The Balaban J connectivity index is 1.86. The third kappa shape index (κ3) is 5.44. The highest BCUT2D eigenvalue weighted by Crippen LogP contribution is 2.40. The molecular formula is C30H31N3O5S. The van der Waals surface area contributed by atoms with Crippen LogP contribution in [0.3, 0.4) is 0 Å². The fourth-order valence-electron chi connectivity index (χ4n) is 4.64. The topological polar surface area (TPSA) is 134 Å². The number of sulfone groups is 1. The number of hydrogen-bond donors (Lipinski definition) is 3. The molecule has 1 aromatic heterocycles. The Hall–Kier alpha value is -4.37. The van der Waals surface area contributed by atoms with Crippen molar-refractivity contribution in [3.8, 4) is 16.9 Å². The van der Waals surface area contributed by atoms with E-state index in [9.17, 15) is 23.1 Å². The Morgan fingerprint density at radius 3 is 2.21 bits per heavy atom. The first-order valence-corrected chi connectivity index (χ1v) is 14.2. The van der Waals surface area contributed by atoms with Crippen molar-refractivity contribution in [2.24, 2.45) is 5.73 Å². The molecule has 0 spiro atoms. The number of carbonyl (C=O) groups excluding carboxylic acids is 1. The molecule has 9 heteroatoms. The van der Waals surface area contributed by atoms with Crippen LogP contribution >= 0.6 is 0 Å². The predicted octanol–water partition coefficient (Wildman–Crippen LogP) is 5.18. The third-order valence-electron chi connectivity index (χ3n) is 6.57. The highest BCUT2D eigenvalue weighted by molar-refractivity contribution is 7.91. The van der Waals surface area contributed by atoms with Crippen LogP contribution in [0.15, 0.2) is 93.4 Å². The molecule has 202 valence electrons. The number of amides is 1. The molecule has 0 aliphatic rings. The van der Waals surface area contributed by atoms with Gasteiger partial charge in [0.15, 0.2) is 10.6 Å². The maximum atomic E-state index is 13.8. The van der Waals surface area contributed by atoms with E-state index in [-0.39, 0.29) is 10.6 Å². The number of anilines is 2. The van der Waals surface area contributed by atoms with Gasteiger partial charge in [-0.2, -0.15) is 0 Å². The number of rotatable bonds is 10. The van der Waals surface area contributed by atoms with E-state index >= 15 is 0 Å². The van der Waals surface area contributed by atoms with Crippen LogP contribution in [0, 0.1) is 0 Å². The van der Waals surface area contributed by atoms with Gasteiger partial charge in [-0.25, -0.2) is 8.42 Å². The largest absolute Gasteiger partial charge is 0.504 e. The molecule has 1 amide bonds. The zero-order valence-corrected chi connectivity index (χ0v) is 22.7. The van der Waals surface area contributed by atoms with E-state index in [0.29, 0.717) is 35.3 Å². The molecule has 0 atom stereocenters. The summed E-state index contributed by atoms with van der Waals surface area (Å²) in [5, 5.41) is 11.4. The van der Waals surface area contributed by atoms with Crippen LogP contribution in [0.4, 0.5) is 11.4 Å². The lowest BCUT2D eigenvalue weighted by atomic mass is 9.99. The molecule has 0 bridgehead atoms. The average molecular weight is 546 g/mol. The zero-order valence-electron chi connectivity index (χ0n) is 21.8. The van der Waals surface area contributed by atoms with Gasteiger partial charge in [-0.1, -0.05) is 61.9 Å². The monoisotopic (exact) mass is 545 g/mol. The summed E-state index contributed by atoms with van der Waals surface area (Å²) < 4.78 is 27.5. The van der Waals surface area contributed by atoms with Gasteiger partial charge in [0, 0.05) is 23.5 Å². The molecule has 0 saturated carbocycles. The maximum absolute atomic E-state index is 13.8. The van der Waals surface area contributed by atoms with Gasteiger partial charge in [0.1, 0.15) is 5.69 Å². The van der Waals surface area contributed by atoms with Crippen LogP contribution in [-0.2, 0) is 16.3 Å². The Bertz CT molecular complexity index is 1650. The second-order valence-corrected chi connectivity index (χ2v) is 11.0. The molecule has 3 aromatic carbocycles. The van der Waals surface area contributed by atoms with E-state index in [1.54, 1.807) is 41.3 Å². The first-order valence-electron chi connectivity index (χ1n) is 12.8. The number of pyridine rings is 1. The summed E-state index contributed by atoms with van der Waals surface area (Å²) in [6, 6.07) is 21.8. The molecule has 8 nitrogen and oxygen atoms in total. The van der Waals surface area contributed by atoms with Crippen molar-refractivity contribution >= 4 is 27.1 Å². The second-order valence-electron chi connectivity index (χ2n) is 9.08. The number of nitrogens with two attached hydrogens (primary N) is 1. The molecule has 4 N–H and O–H groups in total. The summed E-state index contributed by atoms with van der Waals surface area (Å²) in [7, 11) is -4.42. The minimum atomic E-state index is -4.42. The molecular weight excluding hydrogens is 514 g/mol. The van der Waals surface area contributed by atoms with Crippen LogP contribution in [0.5, 0.6) is 5.75 Å². The SMILES string of the molecule is CCCCc1[nH]c(=O)c(S(=O)(=O)c2ccc(-c3ccccc3C(N)=O)cc2)c(O)c1N(CC)c1ccccc1. The van der Waals surface area contributed by atoms with Crippen LogP contribution in [0.1, 0.15) is 42.7 Å². The highest BCUT2D eigenvalue weighted by atomic mass is 32.2. The minimum absolute atomic E-state index is 0.168. The molecule has 0 aliphatic heterocycles. The average Bonchev–Trinajstić information content (AvgIpc) is 2.94. The van der Waals surface area contributed by atoms with E-state index in [1.165, 1.54) is 12.1 Å². The van der Waals surface area contributed by atoms with Crippen LogP contribution in [0.25, 0.3) is 11.1 Å². The molecule has 0 saturated heterocycles. The molecule has 0 aliphatic carbocycles. The Morgan fingerprint density at radius 2 is 1.59 bits per heavy atom. The van der Waals surface area contributed by atoms with E-state index in [4.69, 9.17) is 5.73 Å². The molecule has 39 heavy (non-hydrogen) atoms. The number of para-hydroxylation sites is 1. The van der Waals surface area contributed by atoms with Crippen molar-refractivity contribution in [3.05, 3.63) is 100 Å². The standard InChI is InChI=1S/C30H31N3O5S/c1-3-5-15-25-26(33(4-2)21-11-7-6-8-12-21)27(34)28(30(36)32-25)39(37,38)22-18-16-20(17-19-22)23-13-9-10-14-24(23)29(31)35/h6-14,16-19H,3-5,15H2,1-2H3,(H2,31,35)(H2,32,34,36). The highest BCUT2D eigenvalue weighted by Gasteiger charge is 2.31. The van der Waals surface area contributed by atoms with Gasteiger partial charge in [-0.15, -0.1) is 0 Å². The predicted molar refractivity (Wildman–Crippen MR) is 152 cm³/mol. The number of H-pyrrole nitrogens is 1. The minimum Gasteiger partial charge on any atom is -0.504 e. The zero-order chi connectivity index (χ0) is 28.2. The number of benzene rings is 3. The van der Waals surface area contributed by atoms with Gasteiger partial charge in [0.05, 0.1) is 4.90 Å². The summed E-state index contributed by atoms with van der Waals surface area (Å²) in [4.78, 5) is 28.7. The molecule has 4 aromatic rings. The van der Waals surface area contributed by atoms with Gasteiger partial charge in [0.2, 0.25) is 15.7 Å². The number of aromatic nitrogens is 1. The van der Waals surface area contributed by atoms with E-state index in [1.807, 2.05) is 44.2 Å². The summed E-state index contributed by atoms with van der Waals surface area (Å²) in [6.45, 7) is 4.32. The summed E-state index contributed by atoms with van der Waals surface area (Å²) in [5.74, 6) is -1.19. The van der Waals surface area contributed by atoms with Crippen LogP contribution in [0.2, 0.25) is 0 Å². The number of aromatic amines is 1. The number of aromatic hydroxyl groups is 1. The quantitative estimate of drug-likeness (QED) is 0.251. The summed E-state index contributed by atoms with van der Waals surface area (Å²) >= 11 is 0. The van der Waals surface area contributed by atoms with Gasteiger partial charge in [0.25, 0.3) is 5.56 Å². The van der Waals surface area contributed by atoms with Crippen LogP contribution < -0.4 is 16.2 Å². The summed E-state index contributed by atoms with van der Waals surface area (Å²) in [5.41, 5.74) is 7.54. The van der Waals surface area contributed by atoms with Crippen molar-refractivity contribution in [2.45, 2.75) is 42.9 Å². The summed E-state index contributed by atoms with van der Waals surface area (Å²) in [6.07, 6.45) is 2.06. The lowest BCUT2D eigenvalue weighted by Crippen LogP contribution is -2.25. The molecule has 1 heterocycles. The fourth-order valence-corrected chi connectivity index (χ4v) is 6.02. The van der Waals surface area contributed by atoms with Crippen LogP contribution in [-0.4, -0.2) is 31.0 Å². The number of nitrogens with one attached hydrogen (secondary N) is 1. The van der Waals surface area contributed by atoms with Gasteiger partial charge in [-0.05, 0) is 61.2 Å². The normalized spacial score (nSPS) is 11.3. The van der Waals surface area contributed by atoms with Crippen molar-refractivity contribution in [1.82, 2.24) is 4.98 Å². The van der Waals surface area contributed by atoms with Gasteiger partial charge >= 0.3 is 0 Å². The number of nitrogens with zero attached hydrogens (tertiary/aromatic N) is 1. The molecule has 0 unspecified atom stereocenters. The number of carbonyl (C=O) groups is 1. The molecule has 0 fully saturated rings. The van der Waals surface area contributed by atoms with Crippen molar-refractivity contribution in [3.63, 3.8) is 0 Å². The third-order valence-corrected chi connectivity index (χ3v) is 8.38. The fraction of sp³-hybridized carbons (Fsp3) is 0.200. The second kappa shape index (κ2) is 11.6. The van der Waals surface area contributed by atoms with Crippen molar-refractivity contribution in [1.29, 1.82) is 0 Å². The first kappa shape index (κ1) is 27.7. The smallest absolute Gasteiger partial charge is 0.271 e. The van der Waals surface area contributed by atoms with Gasteiger partial charge in [-0.3, -0.25) is 9.59 Å². The number of hydrogen-bond acceptors (Lipinski definition) is 6. The number of unbranched alkanes of at least 4 members (excludes halogenated alkanes) is 1. The Labute approximate surface area is 227 Å². The first-order chi connectivity index (χ1) is 18.7. The lowest BCUT2D eigenvalue weighted by molar-refractivity contribution is 0.100. The Morgan fingerprint density at radius 1 is 0.949 bits per heavy atom. The Kier molecular flexibility index (Phi) is 8.21. The maximum Gasteiger partial charge on any atom is 0.271 e. The van der Waals surface area contributed by atoms with E-state index in [2.05, 4.69) is 4.98 Å². The van der Waals surface area contributed by atoms with Crippen molar-refractivity contribution in [2.75, 3.05) is 11.4 Å². The number of aryl methyl sites for hydroxylation is 1. The van der Waals surface area contributed by atoms with Crippen molar-refractivity contribution < 1.29 is 18.3 Å².